The van der Waals surface area contributed by atoms with E-state index in [-0.39, 0.29) is 10.6 Å². The number of thioether (sulfide) groups is 2. The predicted octanol–water partition coefficient (Wildman–Crippen LogP) is 6.74. The summed E-state index contributed by atoms with van der Waals surface area (Å²) in [6, 6.07) is 30.2. The number of nitrogens with zero attached hydrogens (tertiary/aromatic N) is 1. The molecule has 0 N–H and O–H groups in total. The lowest BCUT2D eigenvalue weighted by atomic mass is 10.2. The van der Waals surface area contributed by atoms with E-state index in [0.717, 1.165) is 21.0 Å². The summed E-state index contributed by atoms with van der Waals surface area (Å²) in [5.74, 6) is 1.43. The third-order valence-electron chi connectivity index (χ3n) is 4.75. The summed E-state index contributed by atoms with van der Waals surface area (Å²) in [5.41, 5.74) is 2.45. The maximum Gasteiger partial charge on any atom is 0.339 e. The monoisotopic (exact) mass is 493 g/mol. The average Bonchev–Trinajstić information content (AvgIpc) is 2.84. The van der Waals surface area contributed by atoms with E-state index in [0.29, 0.717) is 17.2 Å². The molecule has 3 aromatic carbocycles. The third kappa shape index (κ3) is 6.63. The van der Waals surface area contributed by atoms with Gasteiger partial charge in [-0.25, -0.2) is 0 Å². The van der Waals surface area contributed by atoms with Gasteiger partial charge in [-0.3, -0.25) is 4.98 Å². The van der Waals surface area contributed by atoms with Crippen LogP contribution in [0.1, 0.15) is 17.0 Å². The fraction of sp³-hybridized carbons (Fsp3) is 0.115. The lowest BCUT2D eigenvalue weighted by molar-refractivity contribution is 0.482. The van der Waals surface area contributed by atoms with Gasteiger partial charge in [0.1, 0.15) is 4.90 Å². The van der Waals surface area contributed by atoms with Gasteiger partial charge in [0, 0.05) is 21.3 Å². The largest absolute Gasteiger partial charge is 0.377 e. The second kappa shape index (κ2) is 10.9. The van der Waals surface area contributed by atoms with Crippen LogP contribution in [-0.2, 0) is 21.6 Å². The molecule has 33 heavy (non-hydrogen) atoms. The van der Waals surface area contributed by atoms with E-state index in [2.05, 4.69) is 12.1 Å². The van der Waals surface area contributed by atoms with Crippen molar-refractivity contribution in [2.24, 2.45) is 0 Å². The van der Waals surface area contributed by atoms with Crippen molar-refractivity contribution in [3.8, 4) is 5.75 Å². The Morgan fingerprint density at radius 1 is 0.727 bits per heavy atom. The Morgan fingerprint density at radius 3 is 1.91 bits per heavy atom. The van der Waals surface area contributed by atoms with E-state index in [1.165, 1.54) is 0 Å². The standard InChI is InChI=1S/C26H23NO3S3/c1-20-12-15-24(16-13-20)33(28,29)30-26-17-14-21(18-31-22-8-4-2-5-9-22)27-25(26)19-32-23-10-6-3-7-11-23/h2-17H,18-19H2,1H3. The molecule has 0 spiro atoms. The molecule has 0 aliphatic heterocycles. The molecule has 168 valence electrons. The molecule has 4 aromatic rings. The summed E-state index contributed by atoms with van der Waals surface area (Å²) >= 11 is 3.28. The number of aryl methyl sites for hydroxylation is 1. The second-order valence-electron chi connectivity index (χ2n) is 7.30. The smallest absolute Gasteiger partial charge is 0.339 e. The van der Waals surface area contributed by atoms with Crippen molar-refractivity contribution in [1.82, 2.24) is 4.98 Å². The fourth-order valence-electron chi connectivity index (χ4n) is 3.01. The molecule has 0 radical (unpaired) electrons. The Kier molecular flexibility index (Phi) is 7.75. The molecular formula is C26H23NO3S3. The van der Waals surface area contributed by atoms with Crippen LogP contribution in [0.15, 0.2) is 112 Å². The van der Waals surface area contributed by atoms with Crippen molar-refractivity contribution in [3.63, 3.8) is 0 Å². The number of hydrogen-bond donors (Lipinski definition) is 0. The van der Waals surface area contributed by atoms with Crippen LogP contribution in [0.2, 0.25) is 0 Å². The quantitative estimate of drug-likeness (QED) is 0.190. The minimum Gasteiger partial charge on any atom is -0.377 e. The van der Waals surface area contributed by atoms with Gasteiger partial charge in [0.05, 0.1) is 11.4 Å². The van der Waals surface area contributed by atoms with Gasteiger partial charge in [-0.2, -0.15) is 8.42 Å². The average molecular weight is 494 g/mol. The first-order valence-corrected chi connectivity index (χ1v) is 13.7. The van der Waals surface area contributed by atoms with Gasteiger partial charge in [0.25, 0.3) is 0 Å². The molecule has 7 heteroatoms. The van der Waals surface area contributed by atoms with Crippen LogP contribution >= 0.6 is 23.5 Å². The van der Waals surface area contributed by atoms with Crippen molar-refractivity contribution in [2.75, 3.05) is 0 Å². The number of hydrogen-bond acceptors (Lipinski definition) is 6. The lowest BCUT2D eigenvalue weighted by Crippen LogP contribution is -2.12. The minimum atomic E-state index is -3.96. The van der Waals surface area contributed by atoms with Crippen molar-refractivity contribution < 1.29 is 12.6 Å². The van der Waals surface area contributed by atoms with Gasteiger partial charge in [-0.05, 0) is 55.5 Å². The summed E-state index contributed by atoms with van der Waals surface area (Å²) in [4.78, 5) is 7.12. The van der Waals surface area contributed by atoms with Gasteiger partial charge in [-0.1, -0.05) is 54.1 Å². The molecule has 1 aromatic heterocycles. The molecule has 0 saturated heterocycles. The van der Waals surface area contributed by atoms with E-state index in [1.54, 1.807) is 53.9 Å². The maximum atomic E-state index is 12.9. The first kappa shape index (κ1) is 23.4. The van der Waals surface area contributed by atoms with Crippen molar-refractivity contribution in [2.45, 2.75) is 33.1 Å². The maximum absolute atomic E-state index is 12.9. The molecule has 0 fully saturated rings. The van der Waals surface area contributed by atoms with Gasteiger partial charge in [0.15, 0.2) is 5.75 Å². The summed E-state index contributed by atoms with van der Waals surface area (Å²) in [6.45, 7) is 1.91. The summed E-state index contributed by atoms with van der Waals surface area (Å²) in [7, 11) is -3.96. The normalized spacial score (nSPS) is 11.3. The van der Waals surface area contributed by atoms with Crippen LogP contribution in [0.3, 0.4) is 0 Å². The fourth-order valence-corrected chi connectivity index (χ4v) is 5.65. The van der Waals surface area contributed by atoms with Crippen LogP contribution < -0.4 is 4.18 Å². The topological polar surface area (TPSA) is 56.3 Å². The number of aromatic nitrogens is 1. The van der Waals surface area contributed by atoms with Crippen LogP contribution in [0.4, 0.5) is 0 Å². The molecular weight excluding hydrogens is 470 g/mol. The Balaban J connectivity index is 1.57. The van der Waals surface area contributed by atoms with E-state index >= 15 is 0 Å². The van der Waals surface area contributed by atoms with Gasteiger partial charge in [0.2, 0.25) is 0 Å². The zero-order valence-corrected chi connectivity index (χ0v) is 20.5. The molecule has 4 rings (SSSR count). The van der Waals surface area contributed by atoms with Gasteiger partial charge < -0.3 is 4.18 Å². The molecule has 0 unspecified atom stereocenters. The lowest BCUT2D eigenvalue weighted by Gasteiger charge is -2.13. The predicted molar refractivity (Wildman–Crippen MR) is 135 cm³/mol. The highest BCUT2D eigenvalue weighted by atomic mass is 32.2. The number of benzene rings is 3. The summed E-state index contributed by atoms with van der Waals surface area (Å²) in [6.07, 6.45) is 0. The third-order valence-corrected chi connectivity index (χ3v) is 8.07. The summed E-state index contributed by atoms with van der Waals surface area (Å²) < 4.78 is 31.3. The zero-order valence-electron chi connectivity index (χ0n) is 18.0. The van der Waals surface area contributed by atoms with Crippen LogP contribution in [0.5, 0.6) is 5.75 Å². The second-order valence-corrected chi connectivity index (χ2v) is 10.9. The van der Waals surface area contributed by atoms with Gasteiger partial charge >= 0.3 is 10.1 Å². The number of rotatable bonds is 9. The zero-order chi connectivity index (χ0) is 23.1. The molecule has 0 atom stereocenters. The molecule has 0 amide bonds. The highest BCUT2D eigenvalue weighted by molar-refractivity contribution is 7.98. The SMILES string of the molecule is Cc1ccc(S(=O)(=O)Oc2ccc(CSc3ccccc3)nc2CSc2ccccc2)cc1. The minimum absolute atomic E-state index is 0.124. The van der Waals surface area contributed by atoms with E-state index in [4.69, 9.17) is 9.17 Å². The Bertz CT molecular complexity index is 1290. The van der Waals surface area contributed by atoms with Crippen molar-refractivity contribution in [3.05, 3.63) is 114 Å². The van der Waals surface area contributed by atoms with Crippen molar-refractivity contribution >= 4 is 33.6 Å². The molecule has 1 heterocycles. The highest BCUT2D eigenvalue weighted by Gasteiger charge is 2.20. The van der Waals surface area contributed by atoms with Gasteiger partial charge in [-0.15, -0.1) is 23.5 Å². The Labute approximate surface area is 203 Å². The molecule has 0 aliphatic carbocycles. The highest BCUT2D eigenvalue weighted by Crippen LogP contribution is 2.30. The van der Waals surface area contributed by atoms with E-state index in [1.807, 2.05) is 61.5 Å². The first-order chi connectivity index (χ1) is 16.0. The van der Waals surface area contributed by atoms with Crippen LogP contribution in [-0.4, -0.2) is 13.4 Å². The molecule has 4 nitrogen and oxygen atoms in total. The summed E-state index contributed by atoms with van der Waals surface area (Å²) in [5, 5.41) is 0. The molecule has 0 aliphatic rings. The Hall–Kier alpha value is -2.74. The molecule has 0 bridgehead atoms. The Morgan fingerprint density at radius 2 is 1.30 bits per heavy atom. The van der Waals surface area contributed by atoms with E-state index < -0.39 is 10.1 Å². The van der Waals surface area contributed by atoms with Crippen LogP contribution in [0, 0.1) is 6.92 Å². The van der Waals surface area contributed by atoms with Crippen molar-refractivity contribution in [1.29, 1.82) is 0 Å². The van der Waals surface area contributed by atoms with Crippen LogP contribution in [0.25, 0.3) is 0 Å². The number of pyridine rings is 1. The first-order valence-electron chi connectivity index (χ1n) is 10.4. The van der Waals surface area contributed by atoms with E-state index in [9.17, 15) is 8.42 Å². The molecule has 0 saturated carbocycles.